The third kappa shape index (κ3) is 4.36. The van der Waals surface area contributed by atoms with Gasteiger partial charge >= 0.3 is 0 Å². The molecule has 20 heavy (non-hydrogen) atoms. The predicted molar refractivity (Wildman–Crippen MR) is 80.4 cm³/mol. The van der Waals surface area contributed by atoms with Gasteiger partial charge in [-0.3, -0.25) is 9.36 Å². The normalized spacial score (nSPS) is 16.2. The lowest BCUT2D eigenvalue weighted by Gasteiger charge is -2.25. The van der Waals surface area contributed by atoms with E-state index in [2.05, 4.69) is 10.4 Å². The Morgan fingerprint density at radius 1 is 1.35 bits per heavy atom. The van der Waals surface area contributed by atoms with E-state index in [1.807, 2.05) is 0 Å². The van der Waals surface area contributed by atoms with Crippen molar-refractivity contribution in [2.45, 2.75) is 26.2 Å². The molecule has 0 saturated heterocycles. The largest absolute Gasteiger partial charge is 0.352 e. The van der Waals surface area contributed by atoms with E-state index in [0.29, 0.717) is 23.8 Å². The number of carbonyl (C=O) groups excluding carboxylic acids is 1. The van der Waals surface area contributed by atoms with E-state index in [9.17, 15) is 9.36 Å². The molecule has 1 aliphatic carbocycles. The van der Waals surface area contributed by atoms with Gasteiger partial charge in [0.1, 0.15) is 0 Å². The zero-order chi connectivity index (χ0) is 14.4. The molecule has 0 spiro atoms. The van der Waals surface area contributed by atoms with Crippen LogP contribution in [0.15, 0.2) is 24.3 Å². The summed E-state index contributed by atoms with van der Waals surface area (Å²) in [6.45, 7) is 2.96. The molecule has 1 amide bonds. The fraction of sp³-hybridized carbons (Fsp3) is 0.500. The van der Waals surface area contributed by atoms with Crippen molar-refractivity contribution in [2.75, 3.05) is 18.2 Å². The summed E-state index contributed by atoms with van der Waals surface area (Å²) in [7, 11) is -2.24. The van der Waals surface area contributed by atoms with Crippen LogP contribution in [0.1, 0.15) is 36.5 Å². The number of carbonyl (C=O) groups is 1. The third-order valence-corrected chi connectivity index (χ3v) is 4.49. The zero-order valence-corrected chi connectivity index (χ0v) is 12.6. The quantitative estimate of drug-likeness (QED) is 0.759. The van der Waals surface area contributed by atoms with Gasteiger partial charge in [-0.2, -0.15) is 0 Å². The van der Waals surface area contributed by atoms with Crippen molar-refractivity contribution in [3.63, 3.8) is 0 Å². The summed E-state index contributed by atoms with van der Waals surface area (Å²) in [6, 6.07) is 6.92. The van der Waals surface area contributed by atoms with Crippen molar-refractivity contribution in [3.05, 3.63) is 29.8 Å². The Bertz CT molecular complexity index is 472. The Labute approximate surface area is 120 Å². The fourth-order valence-corrected chi connectivity index (χ4v) is 2.76. The average molecular weight is 296 g/mol. The SMILES string of the molecule is CCO[PH](=O)Nc1ccc(C(=O)NCC2CCC2)cc1. The highest BCUT2D eigenvalue weighted by Gasteiger charge is 2.18. The van der Waals surface area contributed by atoms with Gasteiger partial charge in [0.15, 0.2) is 0 Å². The molecule has 0 heterocycles. The molecule has 1 fully saturated rings. The van der Waals surface area contributed by atoms with Crippen LogP contribution < -0.4 is 10.4 Å². The Balaban J connectivity index is 1.83. The fourth-order valence-electron chi connectivity index (χ4n) is 2.03. The molecule has 0 radical (unpaired) electrons. The molecule has 1 atom stereocenters. The summed E-state index contributed by atoms with van der Waals surface area (Å²) in [5.74, 6) is 0.595. The van der Waals surface area contributed by atoms with Crippen LogP contribution in [0.3, 0.4) is 0 Å². The van der Waals surface area contributed by atoms with E-state index < -0.39 is 8.18 Å². The minimum absolute atomic E-state index is 0.0547. The average Bonchev–Trinajstić information content (AvgIpc) is 2.38. The number of nitrogens with one attached hydrogen (secondary N) is 2. The van der Waals surface area contributed by atoms with Crippen LogP contribution in [0, 0.1) is 5.92 Å². The van der Waals surface area contributed by atoms with Crippen LogP contribution in [-0.4, -0.2) is 19.1 Å². The van der Waals surface area contributed by atoms with E-state index >= 15 is 0 Å². The molecule has 2 rings (SSSR count). The molecule has 1 aliphatic rings. The molecule has 1 aromatic carbocycles. The maximum atomic E-state index is 11.9. The summed E-state index contributed by atoms with van der Waals surface area (Å²) in [5.41, 5.74) is 1.31. The van der Waals surface area contributed by atoms with Crippen LogP contribution in [0.2, 0.25) is 0 Å². The van der Waals surface area contributed by atoms with E-state index in [4.69, 9.17) is 4.52 Å². The van der Waals surface area contributed by atoms with Crippen LogP contribution in [0.5, 0.6) is 0 Å². The first-order valence-corrected chi connectivity index (χ1v) is 8.32. The summed E-state index contributed by atoms with van der Waals surface area (Å²) < 4.78 is 16.4. The third-order valence-electron chi connectivity index (χ3n) is 3.44. The number of benzene rings is 1. The number of hydrogen-bond acceptors (Lipinski definition) is 3. The van der Waals surface area contributed by atoms with Crippen molar-refractivity contribution < 1.29 is 13.9 Å². The first-order valence-electron chi connectivity index (χ1n) is 7.01. The molecule has 2 N–H and O–H groups in total. The maximum Gasteiger partial charge on any atom is 0.282 e. The highest BCUT2D eigenvalue weighted by Crippen LogP contribution is 2.26. The smallest absolute Gasteiger partial charge is 0.282 e. The van der Waals surface area contributed by atoms with Crippen molar-refractivity contribution in [1.29, 1.82) is 0 Å². The first kappa shape index (κ1) is 15.1. The zero-order valence-electron chi connectivity index (χ0n) is 11.6. The molecule has 1 unspecified atom stereocenters. The van der Waals surface area contributed by atoms with Crippen LogP contribution in [0.4, 0.5) is 5.69 Å². The highest BCUT2D eigenvalue weighted by atomic mass is 31.1. The molecule has 0 aliphatic heterocycles. The lowest BCUT2D eigenvalue weighted by Crippen LogP contribution is -2.32. The van der Waals surface area contributed by atoms with Gasteiger partial charge in [0.2, 0.25) is 0 Å². The Morgan fingerprint density at radius 2 is 2.05 bits per heavy atom. The highest BCUT2D eigenvalue weighted by molar-refractivity contribution is 7.40. The van der Waals surface area contributed by atoms with E-state index in [1.165, 1.54) is 19.3 Å². The number of rotatable bonds is 7. The van der Waals surface area contributed by atoms with Gasteiger partial charge in [0.05, 0.1) is 6.61 Å². The molecule has 0 bridgehead atoms. The topological polar surface area (TPSA) is 67.4 Å². The first-order chi connectivity index (χ1) is 9.69. The van der Waals surface area contributed by atoms with E-state index in [-0.39, 0.29) is 5.91 Å². The predicted octanol–water partition coefficient (Wildman–Crippen LogP) is 3.05. The summed E-state index contributed by atoms with van der Waals surface area (Å²) in [5, 5.41) is 5.71. The second kappa shape index (κ2) is 7.46. The van der Waals surface area contributed by atoms with Gasteiger partial charge in [-0.05, 0) is 49.9 Å². The Hall–Kier alpha value is -1.32. The molecule has 0 aromatic heterocycles. The standard InChI is InChI=1S/C14H21N2O3P/c1-2-19-20(18)16-13-8-6-12(7-9-13)14(17)15-10-11-4-3-5-11/h6-9,11,20H,2-5,10H2,1H3,(H,15,17)(H,16,18). The van der Waals surface area contributed by atoms with Crippen molar-refractivity contribution in [2.24, 2.45) is 5.92 Å². The molecule has 1 saturated carbocycles. The van der Waals surface area contributed by atoms with Crippen molar-refractivity contribution >= 4 is 19.8 Å². The van der Waals surface area contributed by atoms with Gasteiger partial charge in [0.25, 0.3) is 14.1 Å². The van der Waals surface area contributed by atoms with Gasteiger partial charge in [-0.15, -0.1) is 0 Å². The van der Waals surface area contributed by atoms with E-state index in [1.54, 1.807) is 31.2 Å². The molecule has 6 heteroatoms. The summed E-state index contributed by atoms with van der Waals surface area (Å²) >= 11 is 0. The number of anilines is 1. The second-order valence-corrected chi connectivity index (χ2v) is 6.04. The van der Waals surface area contributed by atoms with Gasteiger partial charge < -0.3 is 14.9 Å². The molecular formula is C14H21N2O3P. The Kier molecular flexibility index (Phi) is 5.62. The molecule has 5 nitrogen and oxygen atoms in total. The number of amides is 1. The van der Waals surface area contributed by atoms with Crippen LogP contribution in [-0.2, 0) is 9.09 Å². The van der Waals surface area contributed by atoms with Crippen molar-refractivity contribution in [1.82, 2.24) is 5.32 Å². The lowest BCUT2D eigenvalue weighted by atomic mass is 9.85. The minimum Gasteiger partial charge on any atom is -0.352 e. The maximum absolute atomic E-state index is 11.9. The van der Waals surface area contributed by atoms with Gasteiger partial charge in [-0.25, -0.2) is 0 Å². The van der Waals surface area contributed by atoms with E-state index in [0.717, 1.165) is 6.54 Å². The van der Waals surface area contributed by atoms with Crippen molar-refractivity contribution in [3.8, 4) is 0 Å². The second-order valence-electron chi connectivity index (χ2n) is 4.93. The summed E-state index contributed by atoms with van der Waals surface area (Å²) in [6.07, 6.45) is 3.71. The molecular weight excluding hydrogens is 275 g/mol. The van der Waals surface area contributed by atoms with Gasteiger partial charge in [0, 0.05) is 17.8 Å². The van der Waals surface area contributed by atoms with Crippen LogP contribution >= 0.6 is 8.18 Å². The van der Waals surface area contributed by atoms with Gasteiger partial charge in [-0.1, -0.05) is 6.42 Å². The monoisotopic (exact) mass is 296 g/mol. The minimum atomic E-state index is -2.24. The number of hydrogen-bond donors (Lipinski definition) is 2. The molecule has 1 aromatic rings. The summed E-state index contributed by atoms with van der Waals surface area (Å²) in [4.78, 5) is 11.9. The molecule has 110 valence electrons. The lowest BCUT2D eigenvalue weighted by molar-refractivity contribution is 0.0939. The van der Waals surface area contributed by atoms with Crippen LogP contribution in [0.25, 0.3) is 0 Å². The Morgan fingerprint density at radius 3 is 2.60 bits per heavy atom.